The molecule has 0 aromatic heterocycles. The molecule has 0 unspecified atom stereocenters. The molecule has 5 heteroatoms. The van der Waals surface area contributed by atoms with Crippen molar-refractivity contribution in [2.45, 2.75) is 39.8 Å². The van der Waals surface area contributed by atoms with Crippen LogP contribution in [-0.2, 0) is 14.8 Å². The van der Waals surface area contributed by atoms with Crippen molar-refractivity contribution in [3.63, 3.8) is 0 Å². The highest BCUT2D eigenvalue weighted by Crippen LogP contribution is 2.04. The minimum Gasteiger partial charge on any atom is -0.377 e. The molecule has 86 valence electrons. The van der Waals surface area contributed by atoms with Crippen molar-refractivity contribution in [3.05, 3.63) is 0 Å². The van der Waals surface area contributed by atoms with Gasteiger partial charge in [0.2, 0.25) is 10.0 Å². The fourth-order valence-corrected chi connectivity index (χ4v) is 2.36. The van der Waals surface area contributed by atoms with Crippen molar-refractivity contribution in [2.24, 2.45) is 0 Å². The summed E-state index contributed by atoms with van der Waals surface area (Å²) in [4.78, 5) is 0. The van der Waals surface area contributed by atoms with Gasteiger partial charge in [0.15, 0.2) is 0 Å². The van der Waals surface area contributed by atoms with Gasteiger partial charge in [-0.3, -0.25) is 0 Å². The van der Waals surface area contributed by atoms with Gasteiger partial charge in [-0.2, -0.15) is 4.31 Å². The molecule has 0 spiro atoms. The summed E-state index contributed by atoms with van der Waals surface area (Å²) in [7, 11) is -3.11. The predicted molar refractivity (Wildman–Crippen MR) is 57.8 cm³/mol. The van der Waals surface area contributed by atoms with Gasteiger partial charge < -0.3 is 4.74 Å². The molecule has 0 atom stereocenters. The van der Waals surface area contributed by atoms with Gasteiger partial charge in [-0.25, -0.2) is 8.42 Å². The molecule has 0 radical (unpaired) electrons. The van der Waals surface area contributed by atoms with E-state index in [9.17, 15) is 8.42 Å². The molecule has 0 aromatic carbocycles. The van der Waals surface area contributed by atoms with Crippen LogP contribution in [0.2, 0.25) is 0 Å². The Bertz CT molecular complexity index is 247. The molecular formula is C9H21NO3S. The highest BCUT2D eigenvalue weighted by Gasteiger charge is 2.19. The second kappa shape index (κ2) is 5.68. The number of ether oxygens (including phenoxy) is 1. The van der Waals surface area contributed by atoms with Crippen LogP contribution in [0.25, 0.3) is 0 Å². The number of hydrogen-bond donors (Lipinski definition) is 0. The fourth-order valence-electron chi connectivity index (χ4n) is 1.19. The summed E-state index contributed by atoms with van der Waals surface area (Å²) in [5.74, 6) is 0. The van der Waals surface area contributed by atoms with E-state index in [1.807, 2.05) is 27.7 Å². The SMILES string of the molecule is CC(C)OCCN(C(C)C)S(C)(=O)=O. The Balaban J connectivity index is 4.14. The minimum atomic E-state index is -3.11. The Morgan fingerprint density at radius 2 is 1.71 bits per heavy atom. The van der Waals surface area contributed by atoms with Gasteiger partial charge in [0.05, 0.1) is 19.0 Å². The largest absolute Gasteiger partial charge is 0.377 e. The molecule has 0 aliphatic heterocycles. The first-order valence-corrected chi connectivity index (χ1v) is 6.68. The van der Waals surface area contributed by atoms with E-state index in [-0.39, 0.29) is 12.1 Å². The first-order valence-electron chi connectivity index (χ1n) is 4.83. The van der Waals surface area contributed by atoms with Gasteiger partial charge in [0.1, 0.15) is 0 Å². The van der Waals surface area contributed by atoms with Crippen molar-refractivity contribution >= 4 is 10.0 Å². The Kier molecular flexibility index (Phi) is 5.63. The van der Waals surface area contributed by atoms with Crippen molar-refractivity contribution in [1.82, 2.24) is 4.31 Å². The molecule has 0 fully saturated rings. The van der Waals surface area contributed by atoms with E-state index in [0.717, 1.165) is 0 Å². The minimum absolute atomic E-state index is 0.0132. The van der Waals surface area contributed by atoms with Crippen molar-refractivity contribution in [1.29, 1.82) is 0 Å². The first kappa shape index (κ1) is 13.9. The predicted octanol–water partition coefficient (Wildman–Crippen LogP) is 1.08. The number of nitrogens with zero attached hydrogens (tertiary/aromatic N) is 1. The van der Waals surface area contributed by atoms with Gasteiger partial charge in [-0.15, -0.1) is 0 Å². The Morgan fingerprint density at radius 3 is 2.00 bits per heavy atom. The van der Waals surface area contributed by atoms with Crippen LogP contribution in [0.1, 0.15) is 27.7 Å². The maximum Gasteiger partial charge on any atom is 0.211 e. The molecular weight excluding hydrogens is 202 g/mol. The molecule has 0 heterocycles. The topological polar surface area (TPSA) is 46.6 Å². The van der Waals surface area contributed by atoms with Gasteiger partial charge in [0, 0.05) is 12.6 Å². The monoisotopic (exact) mass is 223 g/mol. The van der Waals surface area contributed by atoms with Crippen LogP contribution in [0.4, 0.5) is 0 Å². The van der Waals surface area contributed by atoms with E-state index < -0.39 is 10.0 Å². The smallest absolute Gasteiger partial charge is 0.211 e. The highest BCUT2D eigenvalue weighted by molar-refractivity contribution is 7.88. The molecule has 0 amide bonds. The first-order chi connectivity index (χ1) is 6.25. The van der Waals surface area contributed by atoms with Gasteiger partial charge in [0.25, 0.3) is 0 Å². The maximum absolute atomic E-state index is 11.3. The van der Waals surface area contributed by atoms with Crippen LogP contribution >= 0.6 is 0 Å². The van der Waals surface area contributed by atoms with Crippen LogP contribution in [-0.4, -0.2) is 44.3 Å². The van der Waals surface area contributed by atoms with E-state index in [1.165, 1.54) is 10.6 Å². The lowest BCUT2D eigenvalue weighted by Crippen LogP contribution is -2.38. The molecule has 0 N–H and O–H groups in total. The normalized spacial score (nSPS) is 13.1. The van der Waals surface area contributed by atoms with Crippen molar-refractivity contribution < 1.29 is 13.2 Å². The molecule has 0 bridgehead atoms. The lowest BCUT2D eigenvalue weighted by molar-refractivity contribution is 0.0684. The second-order valence-corrected chi connectivity index (χ2v) is 5.82. The van der Waals surface area contributed by atoms with Crippen LogP contribution in [0, 0.1) is 0 Å². The molecule has 0 saturated heterocycles. The van der Waals surface area contributed by atoms with Gasteiger partial charge in [-0.1, -0.05) is 0 Å². The average Bonchev–Trinajstić information content (AvgIpc) is 1.94. The summed E-state index contributed by atoms with van der Waals surface area (Å²) in [5.41, 5.74) is 0. The quantitative estimate of drug-likeness (QED) is 0.677. The van der Waals surface area contributed by atoms with Crippen LogP contribution in [0.5, 0.6) is 0 Å². The third kappa shape index (κ3) is 5.57. The molecule has 0 aromatic rings. The Morgan fingerprint density at radius 1 is 1.21 bits per heavy atom. The van der Waals surface area contributed by atoms with Crippen molar-refractivity contribution in [2.75, 3.05) is 19.4 Å². The maximum atomic E-state index is 11.3. The highest BCUT2D eigenvalue weighted by atomic mass is 32.2. The average molecular weight is 223 g/mol. The summed E-state index contributed by atoms with van der Waals surface area (Å²) in [6.07, 6.45) is 1.37. The van der Waals surface area contributed by atoms with E-state index in [4.69, 9.17) is 4.74 Å². The lowest BCUT2D eigenvalue weighted by atomic mass is 10.4. The zero-order valence-corrected chi connectivity index (χ0v) is 10.5. The summed E-state index contributed by atoms with van der Waals surface area (Å²) in [5, 5.41) is 0. The van der Waals surface area contributed by atoms with Gasteiger partial charge in [-0.05, 0) is 27.7 Å². The summed E-state index contributed by atoms with van der Waals surface area (Å²) in [6, 6.07) is -0.0132. The Hall–Kier alpha value is -0.130. The van der Waals surface area contributed by atoms with Crippen LogP contribution in [0.15, 0.2) is 0 Å². The molecule has 0 aliphatic carbocycles. The lowest BCUT2D eigenvalue weighted by Gasteiger charge is -2.24. The van der Waals surface area contributed by atoms with E-state index in [0.29, 0.717) is 13.2 Å². The van der Waals surface area contributed by atoms with E-state index in [2.05, 4.69) is 0 Å². The summed E-state index contributed by atoms with van der Waals surface area (Å²) >= 11 is 0. The Labute approximate surface area is 87.3 Å². The third-order valence-corrected chi connectivity index (χ3v) is 3.22. The molecule has 0 saturated carbocycles. The number of rotatable bonds is 6. The summed E-state index contributed by atoms with van der Waals surface area (Å²) in [6.45, 7) is 8.45. The molecule has 0 rings (SSSR count). The number of hydrogen-bond acceptors (Lipinski definition) is 3. The van der Waals surface area contributed by atoms with Gasteiger partial charge >= 0.3 is 0 Å². The van der Waals surface area contributed by atoms with Crippen LogP contribution in [0.3, 0.4) is 0 Å². The third-order valence-electron chi connectivity index (χ3n) is 1.76. The zero-order valence-electron chi connectivity index (χ0n) is 9.65. The number of sulfonamides is 1. The zero-order chi connectivity index (χ0) is 11.4. The van der Waals surface area contributed by atoms with E-state index >= 15 is 0 Å². The fraction of sp³-hybridized carbons (Fsp3) is 1.00. The molecule has 4 nitrogen and oxygen atoms in total. The van der Waals surface area contributed by atoms with Crippen molar-refractivity contribution in [3.8, 4) is 0 Å². The van der Waals surface area contributed by atoms with Crippen LogP contribution < -0.4 is 0 Å². The summed E-state index contributed by atoms with van der Waals surface area (Å²) < 4.78 is 29.4. The standard InChI is InChI=1S/C9H21NO3S/c1-8(2)10(14(5,11)12)6-7-13-9(3)4/h8-9H,6-7H2,1-5H3. The molecule has 14 heavy (non-hydrogen) atoms. The van der Waals surface area contributed by atoms with E-state index in [1.54, 1.807) is 0 Å². The molecule has 0 aliphatic rings. The second-order valence-electron chi connectivity index (χ2n) is 3.89.